The summed E-state index contributed by atoms with van der Waals surface area (Å²) in [5.74, 6) is 0.564. The van der Waals surface area contributed by atoms with Crippen LogP contribution in [0.15, 0.2) is 12.1 Å². The van der Waals surface area contributed by atoms with Crippen molar-refractivity contribution in [3.63, 3.8) is 0 Å². The van der Waals surface area contributed by atoms with Gasteiger partial charge in [-0.2, -0.15) is 0 Å². The molecule has 0 bridgehead atoms. The predicted octanol–water partition coefficient (Wildman–Crippen LogP) is 0.928. The smallest absolute Gasteiger partial charge is 0.251 e. The van der Waals surface area contributed by atoms with Crippen LogP contribution in [0.5, 0.6) is 17.2 Å². The van der Waals surface area contributed by atoms with Crippen LogP contribution in [-0.2, 0) is 9.59 Å². The Kier molecular flexibility index (Phi) is 8.25. The van der Waals surface area contributed by atoms with Crippen molar-refractivity contribution in [3.05, 3.63) is 17.7 Å². The Morgan fingerprint density at radius 3 is 1.92 bits per heavy atom. The standard InChI is InChI=1S/C17H24N2O6/c1-11(20)5-6-15(21)18-7-8-19-17(22)12-9-13(23-2)16(25-4)14(10-12)24-3/h9-10H,5-8H2,1-4H3,(H,18,21)(H,19,22). The van der Waals surface area contributed by atoms with E-state index in [0.29, 0.717) is 22.8 Å². The third kappa shape index (κ3) is 6.33. The van der Waals surface area contributed by atoms with Gasteiger partial charge in [0.25, 0.3) is 5.91 Å². The molecule has 0 aromatic heterocycles. The van der Waals surface area contributed by atoms with Gasteiger partial charge in [-0.15, -0.1) is 0 Å². The summed E-state index contributed by atoms with van der Waals surface area (Å²) in [7, 11) is 4.42. The molecule has 0 spiro atoms. The molecule has 0 aliphatic rings. The van der Waals surface area contributed by atoms with E-state index in [-0.39, 0.29) is 43.5 Å². The molecule has 0 heterocycles. The van der Waals surface area contributed by atoms with Gasteiger partial charge in [-0.25, -0.2) is 0 Å². The van der Waals surface area contributed by atoms with Crippen LogP contribution in [0.3, 0.4) is 0 Å². The van der Waals surface area contributed by atoms with Gasteiger partial charge in [0.1, 0.15) is 5.78 Å². The Balaban J connectivity index is 2.57. The van der Waals surface area contributed by atoms with Crippen molar-refractivity contribution < 1.29 is 28.6 Å². The highest BCUT2D eigenvalue weighted by molar-refractivity contribution is 5.95. The number of hydrogen-bond acceptors (Lipinski definition) is 6. The second kappa shape index (κ2) is 10.2. The predicted molar refractivity (Wildman–Crippen MR) is 91.4 cm³/mol. The summed E-state index contributed by atoms with van der Waals surface area (Å²) in [4.78, 5) is 34.5. The van der Waals surface area contributed by atoms with Crippen LogP contribution in [0.25, 0.3) is 0 Å². The first-order chi connectivity index (χ1) is 11.9. The number of amides is 2. The molecule has 0 unspecified atom stereocenters. The number of rotatable bonds is 10. The fraction of sp³-hybridized carbons (Fsp3) is 0.471. The van der Waals surface area contributed by atoms with E-state index >= 15 is 0 Å². The fourth-order valence-corrected chi connectivity index (χ4v) is 2.07. The molecule has 8 nitrogen and oxygen atoms in total. The van der Waals surface area contributed by atoms with E-state index < -0.39 is 0 Å². The zero-order valence-electron chi connectivity index (χ0n) is 14.9. The number of ketones is 1. The van der Waals surface area contributed by atoms with Gasteiger partial charge in [-0.1, -0.05) is 0 Å². The Bertz CT molecular complexity index is 605. The lowest BCUT2D eigenvalue weighted by Gasteiger charge is -2.14. The first-order valence-electron chi connectivity index (χ1n) is 7.77. The summed E-state index contributed by atoms with van der Waals surface area (Å²) in [5, 5.41) is 5.32. The van der Waals surface area contributed by atoms with E-state index in [1.165, 1.54) is 28.3 Å². The summed E-state index contributed by atoms with van der Waals surface area (Å²) in [6.45, 7) is 1.96. The quantitative estimate of drug-likeness (QED) is 0.607. The first-order valence-corrected chi connectivity index (χ1v) is 7.77. The minimum absolute atomic E-state index is 0.0362. The molecular formula is C17H24N2O6. The summed E-state index contributed by atoms with van der Waals surface area (Å²) >= 11 is 0. The van der Waals surface area contributed by atoms with Crippen LogP contribution in [0, 0.1) is 0 Å². The topological polar surface area (TPSA) is 103 Å². The number of methoxy groups -OCH3 is 3. The summed E-state index contributed by atoms with van der Waals surface area (Å²) in [6, 6.07) is 3.09. The maximum Gasteiger partial charge on any atom is 0.251 e. The number of benzene rings is 1. The van der Waals surface area contributed by atoms with Gasteiger partial charge in [0.2, 0.25) is 11.7 Å². The highest BCUT2D eigenvalue weighted by Gasteiger charge is 2.16. The maximum absolute atomic E-state index is 12.2. The first kappa shape index (κ1) is 20.3. The average Bonchev–Trinajstić information content (AvgIpc) is 2.61. The molecular weight excluding hydrogens is 328 g/mol. The molecule has 25 heavy (non-hydrogen) atoms. The molecule has 0 saturated carbocycles. The van der Waals surface area contributed by atoms with Crippen LogP contribution in [0.1, 0.15) is 30.1 Å². The van der Waals surface area contributed by atoms with E-state index in [1.54, 1.807) is 12.1 Å². The third-order valence-electron chi connectivity index (χ3n) is 3.36. The minimum atomic E-state index is -0.336. The van der Waals surface area contributed by atoms with E-state index in [0.717, 1.165) is 0 Å². The molecule has 0 radical (unpaired) electrons. The van der Waals surface area contributed by atoms with Crippen molar-refractivity contribution in [1.82, 2.24) is 10.6 Å². The minimum Gasteiger partial charge on any atom is -0.493 e. The average molecular weight is 352 g/mol. The molecule has 1 aromatic carbocycles. The molecule has 0 atom stereocenters. The molecule has 2 amide bonds. The molecule has 138 valence electrons. The monoisotopic (exact) mass is 352 g/mol. The van der Waals surface area contributed by atoms with Crippen molar-refractivity contribution in [1.29, 1.82) is 0 Å². The van der Waals surface area contributed by atoms with Crippen molar-refractivity contribution in [2.75, 3.05) is 34.4 Å². The van der Waals surface area contributed by atoms with Gasteiger partial charge < -0.3 is 29.6 Å². The maximum atomic E-state index is 12.2. The van der Waals surface area contributed by atoms with E-state index in [9.17, 15) is 14.4 Å². The lowest BCUT2D eigenvalue weighted by molar-refractivity contribution is -0.124. The number of carbonyl (C=O) groups is 3. The lowest BCUT2D eigenvalue weighted by Crippen LogP contribution is -2.34. The Morgan fingerprint density at radius 2 is 1.44 bits per heavy atom. The van der Waals surface area contributed by atoms with Gasteiger partial charge in [-0.05, 0) is 19.1 Å². The van der Waals surface area contributed by atoms with Gasteiger partial charge in [0.15, 0.2) is 11.5 Å². The van der Waals surface area contributed by atoms with Gasteiger partial charge in [-0.3, -0.25) is 9.59 Å². The molecule has 1 rings (SSSR count). The molecule has 0 aliphatic carbocycles. The van der Waals surface area contributed by atoms with E-state index in [4.69, 9.17) is 14.2 Å². The second-order valence-corrected chi connectivity index (χ2v) is 5.22. The second-order valence-electron chi connectivity index (χ2n) is 5.22. The molecule has 0 aliphatic heterocycles. The molecule has 1 aromatic rings. The molecule has 0 fully saturated rings. The van der Waals surface area contributed by atoms with Crippen molar-refractivity contribution in [2.45, 2.75) is 19.8 Å². The number of Topliss-reactive ketones (excluding diaryl/α,β-unsaturated/α-hetero) is 1. The number of carbonyl (C=O) groups excluding carboxylic acids is 3. The highest BCUT2D eigenvalue weighted by Crippen LogP contribution is 2.38. The summed E-state index contributed by atoms with van der Waals surface area (Å²) < 4.78 is 15.6. The Labute approximate surface area is 146 Å². The third-order valence-corrected chi connectivity index (χ3v) is 3.36. The van der Waals surface area contributed by atoms with Crippen molar-refractivity contribution in [3.8, 4) is 17.2 Å². The summed E-state index contributed by atoms with van der Waals surface area (Å²) in [6.07, 6.45) is 0.361. The van der Waals surface area contributed by atoms with E-state index in [2.05, 4.69) is 10.6 Å². The van der Waals surface area contributed by atoms with Crippen molar-refractivity contribution >= 4 is 17.6 Å². The number of ether oxygens (including phenoxy) is 3. The fourth-order valence-electron chi connectivity index (χ4n) is 2.07. The summed E-state index contributed by atoms with van der Waals surface area (Å²) in [5.41, 5.74) is 0.345. The van der Waals surface area contributed by atoms with Crippen LogP contribution in [0.2, 0.25) is 0 Å². The van der Waals surface area contributed by atoms with Crippen LogP contribution >= 0.6 is 0 Å². The van der Waals surface area contributed by atoms with Gasteiger partial charge in [0.05, 0.1) is 21.3 Å². The molecule has 0 saturated heterocycles. The lowest BCUT2D eigenvalue weighted by atomic mass is 10.1. The SMILES string of the molecule is COc1cc(C(=O)NCCNC(=O)CCC(C)=O)cc(OC)c1OC. The molecule has 2 N–H and O–H groups in total. The van der Waals surface area contributed by atoms with Gasteiger partial charge in [0, 0.05) is 31.5 Å². The van der Waals surface area contributed by atoms with Crippen molar-refractivity contribution in [2.24, 2.45) is 0 Å². The van der Waals surface area contributed by atoms with Gasteiger partial charge >= 0.3 is 0 Å². The molecule has 8 heteroatoms. The van der Waals surface area contributed by atoms with Crippen LogP contribution in [-0.4, -0.2) is 52.0 Å². The van der Waals surface area contributed by atoms with Crippen LogP contribution < -0.4 is 24.8 Å². The largest absolute Gasteiger partial charge is 0.493 e. The van der Waals surface area contributed by atoms with Crippen LogP contribution in [0.4, 0.5) is 0 Å². The Morgan fingerprint density at radius 1 is 0.880 bits per heavy atom. The number of nitrogens with one attached hydrogen (secondary N) is 2. The normalized spacial score (nSPS) is 9.92. The van der Waals surface area contributed by atoms with E-state index in [1.807, 2.05) is 0 Å². The number of hydrogen-bond donors (Lipinski definition) is 2. The Hall–Kier alpha value is -2.77. The highest BCUT2D eigenvalue weighted by atomic mass is 16.5. The zero-order valence-corrected chi connectivity index (χ0v) is 14.9. The zero-order chi connectivity index (χ0) is 18.8.